The maximum atomic E-state index is 12.2. The molecule has 0 aliphatic carbocycles. The van der Waals surface area contributed by atoms with E-state index in [1.807, 2.05) is 49.4 Å². The molecule has 5 nitrogen and oxygen atoms in total. The van der Waals surface area contributed by atoms with E-state index in [2.05, 4.69) is 38.4 Å². The molecule has 1 fully saturated rings. The molecule has 6 heteroatoms. The van der Waals surface area contributed by atoms with E-state index in [4.69, 9.17) is 4.74 Å². The summed E-state index contributed by atoms with van der Waals surface area (Å²) >= 11 is 3.53. The van der Waals surface area contributed by atoms with Gasteiger partial charge in [0.15, 0.2) is 6.61 Å². The largest absolute Gasteiger partial charge is 0.483 e. The van der Waals surface area contributed by atoms with Gasteiger partial charge in [-0.15, -0.1) is 0 Å². The van der Waals surface area contributed by atoms with Crippen LogP contribution in [-0.4, -0.2) is 43.1 Å². The number of benzene rings is 2. The van der Waals surface area contributed by atoms with Gasteiger partial charge in [0.25, 0.3) is 5.91 Å². The molecule has 1 aliphatic heterocycles. The van der Waals surface area contributed by atoms with Gasteiger partial charge in [-0.3, -0.25) is 9.69 Å². The van der Waals surface area contributed by atoms with Crippen LogP contribution in [0.3, 0.4) is 0 Å². The Morgan fingerprint density at radius 1 is 1.24 bits per heavy atom. The van der Waals surface area contributed by atoms with E-state index in [-0.39, 0.29) is 12.5 Å². The lowest BCUT2D eigenvalue weighted by molar-refractivity contribution is -0.118. The fourth-order valence-electron chi connectivity index (χ4n) is 3.72. The molecule has 156 valence electrons. The second kappa shape index (κ2) is 10.8. The molecule has 2 aromatic carbocycles. The second-order valence-corrected chi connectivity index (χ2v) is 8.43. The minimum Gasteiger partial charge on any atom is -0.483 e. The predicted octanol–water partition coefficient (Wildman–Crippen LogP) is 4.35. The van der Waals surface area contributed by atoms with Crippen molar-refractivity contribution < 1.29 is 9.53 Å². The van der Waals surface area contributed by atoms with Crippen LogP contribution in [0.25, 0.3) is 0 Å². The summed E-state index contributed by atoms with van der Waals surface area (Å²) in [4.78, 5) is 14.8. The van der Waals surface area contributed by atoms with Crippen LogP contribution >= 0.6 is 15.9 Å². The maximum absolute atomic E-state index is 12.2. The van der Waals surface area contributed by atoms with Crippen molar-refractivity contribution in [3.05, 3.63) is 58.1 Å². The molecule has 29 heavy (non-hydrogen) atoms. The van der Waals surface area contributed by atoms with Gasteiger partial charge >= 0.3 is 0 Å². The Hall–Kier alpha value is -1.89. The van der Waals surface area contributed by atoms with Crippen molar-refractivity contribution in [2.45, 2.75) is 39.3 Å². The van der Waals surface area contributed by atoms with E-state index >= 15 is 0 Å². The van der Waals surface area contributed by atoms with Gasteiger partial charge < -0.3 is 15.4 Å². The van der Waals surface area contributed by atoms with Crippen LogP contribution in [-0.2, 0) is 11.3 Å². The molecule has 0 aromatic heterocycles. The number of carbonyl (C=O) groups excluding carboxylic acids is 1. The number of hydrogen-bond acceptors (Lipinski definition) is 4. The minimum absolute atomic E-state index is 0.0191. The summed E-state index contributed by atoms with van der Waals surface area (Å²) in [5, 5.41) is 6.43. The molecule has 1 aliphatic rings. The fourth-order valence-corrected chi connectivity index (χ4v) is 4.13. The van der Waals surface area contributed by atoms with Crippen molar-refractivity contribution in [2.24, 2.45) is 0 Å². The molecular weight excluding hydrogens is 430 g/mol. The van der Waals surface area contributed by atoms with Crippen molar-refractivity contribution in [1.29, 1.82) is 0 Å². The normalized spacial score (nSPS) is 16.7. The van der Waals surface area contributed by atoms with Crippen molar-refractivity contribution in [1.82, 2.24) is 10.2 Å². The smallest absolute Gasteiger partial charge is 0.262 e. The summed E-state index contributed by atoms with van der Waals surface area (Å²) in [5.74, 6) is 0.568. The lowest BCUT2D eigenvalue weighted by Crippen LogP contribution is -2.37. The van der Waals surface area contributed by atoms with E-state index < -0.39 is 0 Å². The Balaban J connectivity index is 1.52. The van der Waals surface area contributed by atoms with Crippen LogP contribution in [0.4, 0.5) is 5.69 Å². The molecular formula is C23H30BrN3O2. The Morgan fingerprint density at radius 3 is 2.79 bits per heavy atom. The molecule has 1 heterocycles. The Morgan fingerprint density at radius 2 is 2.03 bits per heavy atom. The predicted molar refractivity (Wildman–Crippen MR) is 121 cm³/mol. The number of likely N-dealkylation sites (tertiary alicyclic amines) is 1. The minimum atomic E-state index is -0.166. The number of likely N-dealkylation sites (N-methyl/N-ethyl adjacent to an activating group) is 1. The molecule has 2 N–H and O–H groups in total. The first-order chi connectivity index (χ1) is 14.0. The van der Waals surface area contributed by atoms with Gasteiger partial charge in [-0.1, -0.05) is 40.5 Å². The van der Waals surface area contributed by atoms with Crippen molar-refractivity contribution in [3.63, 3.8) is 0 Å². The van der Waals surface area contributed by atoms with Gasteiger partial charge in [-0.2, -0.15) is 0 Å². The topological polar surface area (TPSA) is 53.6 Å². The molecule has 0 saturated carbocycles. The number of nitrogens with one attached hydrogen (secondary N) is 2. The van der Waals surface area contributed by atoms with Crippen LogP contribution in [0.2, 0.25) is 0 Å². The highest BCUT2D eigenvalue weighted by Crippen LogP contribution is 2.24. The summed E-state index contributed by atoms with van der Waals surface area (Å²) in [6.07, 6.45) is 2.53. The van der Waals surface area contributed by atoms with E-state index in [9.17, 15) is 4.79 Å². The van der Waals surface area contributed by atoms with Crippen LogP contribution < -0.4 is 15.4 Å². The number of rotatable bonds is 9. The lowest BCUT2D eigenvalue weighted by Gasteiger charge is -2.23. The maximum Gasteiger partial charge on any atom is 0.262 e. The summed E-state index contributed by atoms with van der Waals surface area (Å²) < 4.78 is 6.83. The molecule has 0 unspecified atom stereocenters. The van der Waals surface area contributed by atoms with E-state index in [0.29, 0.717) is 12.6 Å². The number of anilines is 1. The standard InChI is InChI=1S/C23H30BrN3O2/c1-3-27-12-4-5-21(27)15-25-14-18-13-19(24)8-11-22(18)29-16-23(28)26-20-9-6-17(2)7-10-20/h6-11,13,21,25H,3-5,12,14-16H2,1-2H3,(H,26,28)/t21-/m1/s1. The zero-order valence-electron chi connectivity index (χ0n) is 17.2. The summed E-state index contributed by atoms with van der Waals surface area (Å²) in [6.45, 7) is 8.20. The quantitative estimate of drug-likeness (QED) is 0.585. The van der Waals surface area contributed by atoms with E-state index in [0.717, 1.165) is 40.1 Å². The molecule has 0 bridgehead atoms. The first kappa shape index (κ1) is 21.8. The summed E-state index contributed by atoms with van der Waals surface area (Å²) in [7, 11) is 0. The fraction of sp³-hybridized carbons (Fsp3) is 0.435. The highest BCUT2D eigenvalue weighted by Gasteiger charge is 2.22. The van der Waals surface area contributed by atoms with Gasteiger partial charge in [0.1, 0.15) is 5.75 Å². The third-order valence-corrected chi connectivity index (χ3v) is 5.81. The third kappa shape index (κ3) is 6.56. The Kier molecular flexibility index (Phi) is 8.09. The SMILES string of the molecule is CCN1CCC[C@@H]1CNCc1cc(Br)ccc1OCC(=O)Nc1ccc(C)cc1. The van der Waals surface area contributed by atoms with Crippen molar-refractivity contribution >= 4 is 27.5 Å². The first-order valence-corrected chi connectivity index (χ1v) is 11.1. The van der Waals surface area contributed by atoms with Crippen LogP contribution in [0.15, 0.2) is 46.9 Å². The molecule has 1 atom stereocenters. The Labute approximate surface area is 181 Å². The molecule has 0 radical (unpaired) electrons. The lowest BCUT2D eigenvalue weighted by atomic mass is 10.2. The van der Waals surface area contributed by atoms with Gasteiger partial charge in [0.2, 0.25) is 0 Å². The zero-order valence-corrected chi connectivity index (χ0v) is 18.8. The summed E-state index contributed by atoms with van der Waals surface area (Å²) in [6, 6.07) is 14.2. The van der Waals surface area contributed by atoms with Crippen LogP contribution in [0, 0.1) is 6.92 Å². The van der Waals surface area contributed by atoms with Gasteiger partial charge in [-0.25, -0.2) is 0 Å². The Bertz CT molecular complexity index is 810. The monoisotopic (exact) mass is 459 g/mol. The average molecular weight is 460 g/mol. The number of halogens is 1. The summed E-state index contributed by atoms with van der Waals surface area (Å²) in [5.41, 5.74) is 2.98. The van der Waals surface area contributed by atoms with Crippen molar-refractivity contribution in [3.8, 4) is 5.75 Å². The second-order valence-electron chi connectivity index (χ2n) is 7.51. The number of carbonyl (C=O) groups is 1. The number of ether oxygens (including phenoxy) is 1. The van der Waals surface area contributed by atoms with Gasteiger partial charge in [0.05, 0.1) is 0 Å². The highest BCUT2D eigenvalue weighted by molar-refractivity contribution is 9.10. The number of hydrogen-bond donors (Lipinski definition) is 2. The van der Waals surface area contributed by atoms with E-state index in [1.165, 1.54) is 19.4 Å². The molecule has 1 amide bonds. The van der Waals surface area contributed by atoms with Crippen molar-refractivity contribution in [2.75, 3.05) is 31.6 Å². The number of nitrogens with zero attached hydrogens (tertiary/aromatic N) is 1. The molecule has 1 saturated heterocycles. The van der Waals surface area contributed by atoms with E-state index in [1.54, 1.807) is 0 Å². The van der Waals surface area contributed by atoms with Crippen LogP contribution in [0.1, 0.15) is 30.9 Å². The first-order valence-electron chi connectivity index (χ1n) is 10.3. The highest BCUT2D eigenvalue weighted by atomic mass is 79.9. The zero-order chi connectivity index (χ0) is 20.6. The van der Waals surface area contributed by atoms with Gasteiger partial charge in [-0.05, 0) is 63.2 Å². The molecule has 2 aromatic rings. The van der Waals surface area contributed by atoms with Gasteiger partial charge in [0, 0.05) is 34.9 Å². The molecule has 3 rings (SSSR count). The number of amides is 1. The third-order valence-electron chi connectivity index (χ3n) is 5.32. The average Bonchev–Trinajstić information content (AvgIpc) is 3.16. The number of aryl methyl sites for hydroxylation is 1. The molecule has 0 spiro atoms. The van der Waals surface area contributed by atoms with Crippen LogP contribution in [0.5, 0.6) is 5.75 Å².